The number of nitrogens with one attached hydrogen (secondary N) is 4. The van der Waals surface area contributed by atoms with Gasteiger partial charge in [-0.05, 0) is 192 Å². The molecular formula is C101H116Cl2F3N17O16S. The number of pyridine rings is 1. The summed E-state index contributed by atoms with van der Waals surface area (Å²) in [6.45, 7) is 14.8. The molecule has 0 amide bonds. The number of likely N-dealkylation sites (N-methyl/N-ethyl adjacent to an activating group) is 2. The van der Waals surface area contributed by atoms with Crippen molar-refractivity contribution in [1.82, 2.24) is 53.9 Å². The number of aliphatic hydroxyl groups excluding tert-OH is 5. The Bertz CT molecular complexity index is 6920. The maximum Gasteiger partial charge on any atom is 0.423 e. The summed E-state index contributed by atoms with van der Waals surface area (Å²) in [4.78, 5) is 58.5. The van der Waals surface area contributed by atoms with Gasteiger partial charge in [0.1, 0.15) is 73.9 Å². The molecule has 1 aliphatic carbocycles. The number of hydrogen-bond acceptors (Lipinski definition) is 30. The Balaban J connectivity index is 0.000000139. The number of aliphatic hydroxyl groups is 5. The van der Waals surface area contributed by atoms with Gasteiger partial charge in [-0.15, -0.1) is 0 Å². The number of imidazole rings is 1. The molecule has 8 aromatic heterocycles. The molecule has 14 aromatic rings. The van der Waals surface area contributed by atoms with E-state index in [4.69, 9.17) is 46.5 Å². The van der Waals surface area contributed by atoms with Crippen molar-refractivity contribution in [2.75, 3.05) is 80.9 Å². The lowest BCUT2D eigenvalue weighted by Gasteiger charge is -2.36. The first-order valence-electron chi connectivity index (χ1n) is 46.6. The number of ether oxygens (including phenoxy) is 1. The molecule has 4 fully saturated rings. The molecule has 1 saturated carbocycles. The Morgan fingerprint density at radius 1 is 0.700 bits per heavy atom. The molecule has 0 bridgehead atoms. The van der Waals surface area contributed by atoms with E-state index in [1.54, 1.807) is 91.4 Å². The van der Waals surface area contributed by atoms with Crippen molar-refractivity contribution in [3.8, 4) is 51.5 Å². The fourth-order valence-electron chi connectivity index (χ4n) is 17.5. The van der Waals surface area contributed by atoms with E-state index >= 15 is 0 Å². The molecule has 33 nitrogen and oxygen atoms in total. The molecule has 140 heavy (non-hydrogen) atoms. The molecule has 18 rings (SSSR count). The number of halogens is 5. The van der Waals surface area contributed by atoms with Crippen molar-refractivity contribution in [2.24, 2.45) is 0 Å². The number of phenolic OH excluding ortho intramolecular Hbond substituents is 4. The second-order valence-corrected chi connectivity index (χ2v) is 38.8. The van der Waals surface area contributed by atoms with Crippen molar-refractivity contribution in [2.45, 2.75) is 196 Å². The van der Waals surface area contributed by atoms with E-state index in [9.17, 15) is 78.1 Å². The van der Waals surface area contributed by atoms with Gasteiger partial charge in [-0.3, -0.25) is 9.59 Å². The van der Waals surface area contributed by atoms with Gasteiger partial charge >= 0.3 is 6.18 Å². The number of nitrogens with zero attached hydrogens (tertiary/aromatic N) is 13. The lowest BCUT2D eigenvalue weighted by molar-refractivity contribution is -0.605. The average Bonchev–Trinajstić information content (AvgIpc) is 1.75. The van der Waals surface area contributed by atoms with E-state index in [0.29, 0.717) is 92.8 Å². The van der Waals surface area contributed by atoms with Gasteiger partial charge in [0.2, 0.25) is 17.8 Å². The Morgan fingerprint density at radius 3 is 1.91 bits per heavy atom. The topological polar surface area (TPSA) is 465 Å². The lowest BCUT2D eigenvalue weighted by Crippen LogP contribution is -2.40. The first-order valence-corrected chi connectivity index (χ1v) is 48.9. The monoisotopic (exact) mass is 1980 g/mol. The summed E-state index contributed by atoms with van der Waals surface area (Å²) in [5.41, 5.74) is 7.30. The highest BCUT2D eigenvalue weighted by atomic mass is 35.5. The average molecular weight is 1980 g/mol. The second kappa shape index (κ2) is 45.6. The van der Waals surface area contributed by atoms with Gasteiger partial charge in [-0.1, -0.05) is 91.6 Å². The maximum absolute atomic E-state index is 13.2. The summed E-state index contributed by atoms with van der Waals surface area (Å²) in [6.07, 6.45) is 10.3. The molecule has 11 heterocycles. The van der Waals surface area contributed by atoms with Gasteiger partial charge < -0.3 is 100.0 Å². The highest BCUT2D eigenvalue weighted by Crippen LogP contribution is 2.48. The number of aryl methyl sites for hydroxylation is 3. The van der Waals surface area contributed by atoms with Gasteiger partial charge in [-0.25, -0.2) is 28.5 Å². The first-order chi connectivity index (χ1) is 67.1. The summed E-state index contributed by atoms with van der Waals surface area (Å²) in [5, 5.41) is 117. The molecule has 3 aliphatic heterocycles. The molecule has 9 atom stereocenters. The van der Waals surface area contributed by atoms with Crippen LogP contribution in [-0.2, 0) is 41.7 Å². The largest absolute Gasteiger partial charge is 0.619 e. The van der Waals surface area contributed by atoms with Gasteiger partial charge in [0.25, 0.3) is 0 Å². The number of anilines is 5. The van der Waals surface area contributed by atoms with Crippen molar-refractivity contribution in [3.63, 3.8) is 0 Å². The van der Waals surface area contributed by atoms with Crippen molar-refractivity contribution >= 4 is 101 Å². The number of aromatic hydroxyl groups is 4. The van der Waals surface area contributed by atoms with Crippen LogP contribution in [0.2, 0.25) is 10.0 Å². The third-order valence-electron chi connectivity index (χ3n) is 25.5. The third-order valence-corrected chi connectivity index (χ3v) is 28.5. The summed E-state index contributed by atoms with van der Waals surface area (Å²) in [7, 11) is 0.968. The number of β-amino-alcohol motifs (C(OH)–C–C–N with tert-alkyl or cyclic N) is 1. The Kier molecular flexibility index (Phi) is 33.6. The number of benzene rings is 6. The smallest absolute Gasteiger partial charge is 0.423 e. The summed E-state index contributed by atoms with van der Waals surface area (Å²) >= 11 is 12.5. The Morgan fingerprint density at radius 2 is 1.33 bits per heavy atom. The Labute approximate surface area is 816 Å². The number of piperidine rings is 2. The third kappa shape index (κ3) is 24.1. The van der Waals surface area contributed by atoms with Gasteiger partial charge in [0.05, 0.1) is 63.8 Å². The van der Waals surface area contributed by atoms with Gasteiger partial charge in [0.15, 0.2) is 45.9 Å². The number of phenols is 4. The molecule has 13 N–H and O–H groups in total. The molecule has 39 heteroatoms. The van der Waals surface area contributed by atoms with Crippen molar-refractivity contribution < 1.29 is 81.6 Å². The fourth-order valence-corrected chi connectivity index (χ4v) is 19.6. The molecule has 6 aromatic carbocycles. The second-order valence-electron chi connectivity index (χ2n) is 35.6. The summed E-state index contributed by atoms with van der Waals surface area (Å²) < 4.78 is 82.1. The van der Waals surface area contributed by atoms with Crippen LogP contribution in [0.3, 0.4) is 0 Å². The predicted octanol–water partition coefficient (Wildman–Crippen LogP) is 16.2. The SMILES string of the molecule is CC[C@H](CO)Nc1nc(NCc2ccccc2)c2ncn(C(C)C)c2n1.CCc1cnn2c(CCc3ccc[n+]([O-])c3)cc(N3CCCCC3CCO)nc12.CN1CCC(c2c(O)cc(O)c3c(=O)cc(-c4ccccc4Cl)oc23)[C@@H]1CO.CN1CC[C@@H](c2c(O)cc(O)c3c(=O)cc(-c4ccccc4Cl)oc23)[C@@H](O)C1.C[C@@H](O)[C@@H](C)Oc1nc(Nc2ccc(S(=N)(=O)C3CC3)cc2)ncc1C(F)(F)F. The normalized spacial score (nSPS) is 17.9. The van der Waals surface area contributed by atoms with Crippen molar-refractivity contribution in [1.29, 1.82) is 4.78 Å². The van der Waals surface area contributed by atoms with E-state index in [2.05, 4.69) is 89.8 Å². The van der Waals surface area contributed by atoms with E-state index in [-0.39, 0.29) is 112 Å². The summed E-state index contributed by atoms with van der Waals surface area (Å²) in [5.74, 6) is 0.0692. The van der Waals surface area contributed by atoms with Crippen LogP contribution in [0.25, 0.3) is 61.4 Å². The minimum atomic E-state index is -4.72. The van der Waals surface area contributed by atoms with Crippen LogP contribution in [-0.4, -0.2) is 206 Å². The van der Waals surface area contributed by atoms with Gasteiger partial charge in [-0.2, -0.15) is 38.0 Å². The predicted molar refractivity (Wildman–Crippen MR) is 531 cm³/mol. The number of alkyl halides is 3. The van der Waals surface area contributed by atoms with Crippen LogP contribution in [0, 0.1) is 9.99 Å². The van der Waals surface area contributed by atoms with E-state index in [0.717, 1.165) is 134 Å². The Hall–Kier alpha value is -12.8. The van der Waals surface area contributed by atoms with E-state index in [1.165, 1.54) is 44.2 Å². The van der Waals surface area contributed by atoms with E-state index in [1.807, 2.05) is 70.4 Å². The number of aromatic nitrogens is 10. The van der Waals surface area contributed by atoms with Crippen LogP contribution < -0.4 is 41.2 Å². The molecule has 0 radical (unpaired) electrons. The highest BCUT2D eigenvalue weighted by Gasteiger charge is 2.41. The standard InChI is InChI=1S/C22H29N5O2.2C21H20ClNO5.C19H26N6O.C18H21F3N4O3S/c1-2-18-15-23-27-20(9-8-17-6-5-11-25(29)16-17)14-21(24-22(18)27)26-12-4-3-7-19(26)10-13-28;1-23-7-6-12(14(23)10-24)19-15(25)8-16(26)20-17(27)9-18(28-21(19)20)11-4-2-3-5-13(11)22;1-23-7-6-12(17(27)10-23)19-14(24)8-15(25)20-16(26)9-18(28-21(19)20)11-4-2-3-5-13(11)22;1-4-15(11-26)22-19-23-17(20-10-14-8-6-5-7-9-14)16-18(24-19)25(12-21-16)13(2)3;1-10(26)11(2)28-16-15(18(19,20)21)9-23-17(25-16)24-12-3-5-13(6-4-12)29(22,27)14-7-8-14/h5-6,11,14-16,19,28H,2-4,7-10,12-13H2,1H3;2-5,8-9,12,14,24-26H,6-7,10H2,1H3;2-5,8-9,12,17,24-25,27H,6-7,10H2,1H3;5-9,12-13,15,26H,4,10-11H2,1-3H3,(H2,20,22,23,24);3-6,9-11,14,22,26H,7-8H2,1-2H3,(H,23,24,25)/t;12?,14-;12-,17+;15-;10-,11-,29?/m.0111/s1. The fraction of sp³-hybridized carbons (Fsp3) is 0.386. The van der Waals surface area contributed by atoms with Crippen LogP contribution in [0.15, 0.2) is 200 Å². The minimum Gasteiger partial charge on any atom is -0.619 e. The molecule has 3 unspecified atom stereocenters. The molecule has 742 valence electrons. The zero-order valence-corrected chi connectivity index (χ0v) is 81.0. The molecule has 4 aliphatic rings. The lowest BCUT2D eigenvalue weighted by atomic mass is 9.85. The van der Waals surface area contributed by atoms with Crippen LogP contribution >= 0.6 is 23.2 Å². The van der Waals surface area contributed by atoms with Crippen LogP contribution in [0.5, 0.6) is 28.9 Å². The maximum atomic E-state index is 13.2. The zero-order chi connectivity index (χ0) is 100. The number of likely N-dealkylation sites (tertiary alicyclic amines) is 2. The molecule has 0 spiro atoms. The number of rotatable bonds is 27. The van der Waals surface area contributed by atoms with Crippen LogP contribution in [0.1, 0.15) is 156 Å². The quantitative estimate of drug-likeness (QED) is 0.0168. The van der Waals surface area contributed by atoms with Crippen LogP contribution in [0.4, 0.5) is 42.4 Å². The minimum absolute atomic E-state index is 0.00912. The van der Waals surface area contributed by atoms with E-state index < -0.39 is 62.4 Å². The number of fused-ring (bicyclic) bond motifs is 4. The van der Waals surface area contributed by atoms with Crippen molar-refractivity contribution in [3.05, 3.63) is 251 Å². The number of hydrogen-bond donors (Lipinski definition) is 13. The highest BCUT2D eigenvalue weighted by molar-refractivity contribution is 7.93. The first kappa shape index (κ1) is 103. The van der Waals surface area contributed by atoms with Gasteiger partial charge in [0, 0.05) is 154 Å². The molecular weight excluding hydrogens is 1870 g/mol. The molecule has 3 saturated heterocycles. The summed E-state index contributed by atoms with van der Waals surface area (Å²) in [6, 6.07) is 41.3. The zero-order valence-electron chi connectivity index (χ0n) is 78.7.